The van der Waals surface area contributed by atoms with Gasteiger partial charge < -0.3 is 10.4 Å². The molecule has 1 aromatic rings. The van der Waals surface area contributed by atoms with Crippen molar-refractivity contribution < 1.29 is 9.90 Å². The zero-order chi connectivity index (χ0) is 21.8. The highest BCUT2D eigenvalue weighted by Gasteiger charge is 2.48. The Hall–Kier alpha value is -2.56. The van der Waals surface area contributed by atoms with E-state index < -0.39 is 5.54 Å². The minimum Gasteiger partial charge on any atom is -0.508 e. The summed E-state index contributed by atoms with van der Waals surface area (Å²) in [4.78, 5) is 20.0. The normalized spacial score (nSPS) is 27.6. The van der Waals surface area contributed by atoms with E-state index in [0.717, 1.165) is 25.7 Å². The molecule has 3 rings (SSSR count). The second-order valence-electron chi connectivity index (χ2n) is 9.57. The Kier molecular flexibility index (Phi) is 6.69. The zero-order valence-electron chi connectivity index (χ0n) is 18.7. The lowest BCUT2D eigenvalue weighted by Crippen LogP contribution is -2.45. The molecule has 1 fully saturated rings. The van der Waals surface area contributed by atoms with E-state index in [2.05, 4.69) is 50.4 Å². The number of benzene rings is 1. The fourth-order valence-electron chi connectivity index (χ4n) is 4.49. The number of aryl methyl sites for hydroxylation is 1. The molecule has 0 bridgehead atoms. The van der Waals surface area contributed by atoms with Crippen molar-refractivity contribution in [2.75, 3.05) is 13.1 Å². The van der Waals surface area contributed by atoms with Crippen LogP contribution >= 0.6 is 0 Å². The van der Waals surface area contributed by atoms with Crippen LogP contribution in [0.3, 0.4) is 0 Å². The molecule has 2 aliphatic rings. The molecule has 162 valence electrons. The van der Waals surface area contributed by atoms with Gasteiger partial charge in [0.05, 0.1) is 0 Å². The summed E-state index contributed by atoms with van der Waals surface area (Å²) >= 11 is 0. The number of allylic oxidation sites excluding steroid dienone is 2. The highest BCUT2D eigenvalue weighted by Crippen LogP contribution is 2.33. The quantitative estimate of drug-likeness (QED) is 0.616. The Morgan fingerprint density at radius 2 is 1.97 bits per heavy atom. The summed E-state index contributed by atoms with van der Waals surface area (Å²) in [6.07, 6.45) is 8.96. The van der Waals surface area contributed by atoms with Gasteiger partial charge in [0.15, 0.2) is 0 Å². The predicted octanol–water partition coefficient (Wildman–Crippen LogP) is 4.62. The lowest BCUT2D eigenvalue weighted by Gasteiger charge is -2.32. The molecule has 2 N–H and O–H groups in total. The molecule has 2 atom stereocenters. The van der Waals surface area contributed by atoms with Gasteiger partial charge in [0.2, 0.25) is 5.96 Å². The molecule has 1 aliphatic carbocycles. The number of amides is 1. The van der Waals surface area contributed by atoms with Crippen molar-refractivity contribution in [3.63, 3.8) is 0 Å². The molecule has 1 heterocycles. The summed E-state index contributed by atoms with van der Waals surface area (Å²) in [7, 11) is 0. The fraction of sp³-hybridized carbons (Fsp3) is 0.520. The van der Waals surface area contributed by atoms with Crippen LogP contribution in [0.2, 0.25) is 0 Å². The number of aliphatic imine (C=N–C) groups is 1. The Balaban J connectivity index is 1.75. The summed E-state index contributed by atoms with van der Waals surface area (Å²) in [6, 6.07) is 10.4. The highest BCUT2D eigenvalue weighted by molar-refractivity contribution is 6.08. The van der Waals surface area contributed by atoms with Gasteiger partial charge in [-0.15, -0.1) is 0 Å². The number of nitrogens with one attached hydrogen (secondary N) is 1. The summed E-state index contributed by atoms with van der Waals surface area (Å²) < 4.78 is 0. The van der Waals surface area contributed by atoms with Crippen LogP contribution in [0.5, 0.6) is 0 Å². The van der Waals surface area contributed by atoms with Crippen LogP contribution in [0.25, 0.3) is 0 Å². The Labute approximate surface area is 180 Å². The van der Waals surface area contributed by atoms with Gasteiger partial charge in [0, 0.05) is 18.5 Å². The number of carbonyl (C=O) groups excluding carboxylic acids is 1. The van der Waals surface area contributed by atoms with Gasteiger partial charge >= 0.3 is 0 Å². The number of hydrogen-bond acceptors (Lipinski definition) is 3. The van der Waals surface area contributed by atoms with E-state index in [-0.39, 0.29) is 17.1 Å². The molecule has 0 radical (unpaired) electrons. The van der Waals surface area contributed by atoms with Crippen molar-refractivity contribution in [2.24, 2.45) is 16.3 Å². The van der Waals surface area contributed by atoms with Crippen LogP contribution < -0.4 is 5.32 Å². The molecule has 0 aromatic heterocycles. The molecule has 0 saturated carbocycles. The lowest BCUT2D eigenvalue weighted by molar-refractivity contribution is -0.131. The summed E-state index contributed by atoms with van der Waals surface area (Å²) in [6.45, 7) is 9.48. The van der Waals surface area contributed by atoms with Crippen molar-refractivity contribution >= 4 is 11.9 Å². The Bertz CT molecular complexity index is 843. The first-order valence-electron chi connectivity index (χ1n) is 11.0. The molecule has 1 saturated heterocycles. The van der Waals surface area contributed by atoms with Gasteiger partial charge in [-0.05, 0) is 56.2 Å². The third-order valence-corrected chi connectivity index (χ3v) is 5.79. The van der Waals surface area contributed by atoms with Gasteiger partial charge in [-0.2, -0.15) is 0 Å². The molecule has 30 heavy (non-hydrogen) atoms. The highest BCUT2D eigenvalue weighted by atomic mass is 16.3. The van der Waals surface area contributed by atoms with E-state index >= 15 is 0 Å². The maximum absolute atomic E-state index is 13.4. The number of guanidine groups is 1. The Morgan fingerprint density at radius 1 is 1.23 bits per heavy atom. The van der Waals surface area contributed by atoms with Crippen LogP contribution in [-0.4, -0.2) is 40.5 Å². The molecule has 1 aliphatic heterocycles. The van der Waals surface area contributed by atoms with Crippen molar-refractivity contribution in [1.29, 1.82) is 0 Å². The molecule has 5 heteroatoms. The lowest BCUT2D eigenvalue weighted by atomic mass is 9.82. The Morgan fingerprint density at radius 3 is 2.63 bits per heavy atom. The number of aliphatic hydroxyl groups excluding tert-OH is 1. The molecule has 0 spiro atoms. The van der Waals surface area contributed by atoms with Gasteiger partial charge in [-0.1, -0.05) is 57.2 Å². The van der Waals surface area contributed by atoms with Crippen molar-refractivity contribution in [1.82, 2.24) is 10.2 Å². The SMILES string of the molecule is CC(C)CC1(C)NC(=NCCCc2ccccc2)N(CC2(C)C=C(O)C=CC2)C1=O. The van der Waals surface area contributed by atoms with E-state index in [1.165, 1.54) is 5.56 Å². The van der Waals surface area contributed by atoms with Gasteiger partial charge in [0.25, 0.3) is 5.91 Å². The summed E-state index contributed by atoms with van der Waals surface area (Å²) in [5.41, 5.74) is 0.347. The number of nitrogens with zero attached hydrogens (tertiary/aromatic N) is 2. The molecular weight excluding hydrogens is 374 g/mol. The third kappa shape index (κ3) is 5.32. The van der Waals surface area contributed by atoms with Crippen LogP contribution in [0, 0.1) is 11.3 Å². The zero-order valence-corrected chi connectivity index (χ0v) is 18.7. The molecule has 2 unspecified atom stereocenters. The van der Waals surface area contributed by atoms with Gasteiger partial charge in [-0.3, -0.25) is 14.7 Å². The van der Waals surface area contributed by atoms with Crippen molar-refractivity contribution in [2.45, 2.75) is 58.9 Å². The molecule has 1 amide bonds. The largest absolute Gasteiger partial charge is 0.508 e. The first-order chi connectivity index (χ1) is 14.2. The van der Waals surface area contributed by atoms with E-state index in [1.807, 2.05) is 25.1 Å². The third-order valence-electron chi connectivity index (χ3n) is 5.79. The van der Waals surface area contributed by atoms with E-state index in [9.17, 15) is 9.90 Å². The predicted molar refractivity (Wildman–Crippen MR) is 122 cm³/mol. The molecule has 5 nitrogen and oxygen atoms in total. The summed E-state index contributed by atoms with van der Waals surface area (Å²) in [5, 5.41) is 13.4. The fourth-order valence-corrected chi connectivity index (χ4v) is 4.49. The monoisotopic (exact) mass is 409 g/mol. The maximum atomic E-state index is 13.4. The topological polar surface area (TPSA) is 64.9 Å². The summed E-state index contributed by atoms with van der Waals surface area (Å²) in [5.74, 6) is 1.39. The van der Waals surface area contributed by atoms with E-state index in [1.54, 1.807) is 11.0 Å². The second-order valence-corrected chi connectivity index (χ2v) is 9.57. The number of rotatable bonds is 8. The standard InChI is InChI=1S/C25H35N3O2/c1-19(2)16-25(4)22(30)28(18-24(3)14-8-13-21(29)17-24)23(27-25)26-15-9-12-20-10-6-5-7-11-20/h5-8,10-11,13,17,19,29H,9,12,14-16,18H2,1-4H3,(H,26,27). The average Bonchev–Trinajstić information content (AvgIpc) is 2.89. The number of hydrogen-bond donors (Lipinski definition) is 2. The molecule has 1 aromatic carbocycles. The van der Waals surface area contributed by atoms with Gasteiger partial charge in [0.1, 0.15) is 11.3 Å². The van der Waals surface area contributed by atoms with Gasteiger partial charge in [-0.25, -0.2) is 0 Å². The average molecular weight is 410 g/mol. The first-order valence-corrected chi connectivity index (χ1v) is 11.0. The van der Waals surface area contributed by atoms with Crippen LogP contribution in [0.15, 0.2) is 59.3 Å². The first kappa shape index (κ1) is 22.1. The van der Waals surface area contributed by atoms with Crippen molar-refractivity contribution in [3.05, 3.63) is 59.9 Å². The number of aliphatic hydroxyl groups is 1. The van der Waals surface area contributed by atoms with E-state index in [0.29, 0.717) is 25.0 Å². The number of carbonyl (C=O) groups is 1. The van der Waals surface area contributed by atoms with Crippen LogP contribution in [-0.2, 0) is 11.2 Å². The maximum Gasteiger partial charge on any atom is 0.254 e. The minimum atomic E-state index is -0.640. The minimum absolute atomic E-state index is 0.0710. The van der Waals surface area contributed by atoms with Crippen molar-refractivity contribution in [3.8, 4) is 0 Å². The van der Waals surface area contributed by atoms with E-state index in [4.69, 9.17) is 4.99 Å². The second kappa shape index (κ2) is 9.07. The smallest absolute Gasteiger partial charge is 0.254 e. The molecular formula is C25H35N3O2. The van der Waals surface area contributed by atoms with Crippen LogP contribution in [0.1, 0.15) is 52.5 Å². The van der Waals surface area contributed by atoms with Crippen LogP contribution in [0.4, 0.5) is 0 Å².